The molecule has 3 heteroatoms. The number of anilines is 1. The van der Waals surface area contributed by atoms with E-state index in [4.69, 9.17) is 11.6 Å². The van der Waals surface area contributed by atoms with Crippen molar-refractivity contribution in [1.29, 1.82) is 0 Å². The first-order chi connectivity index (χ1) is 8.94. The second kappa shape index (κ2) is 5.70. The van der Waals surface area contributed by atoms with E-state index < -0.39 is 0 Å². The maximum Gasteiger partial charge on any atom is 0.146 e. The maximum absolute atomic E-state index is 14.1. The first-order valence-electron chi connectivity index (χ1n) is 7.01. The van der Waals surface area contributed by atoms with Crippen LogP contribution in [-0.2, 0) is 5.88 Å². The fraction of sp³-hybridized carbons (Fsp3) is 0.625. The standard InChI is InChI=1S/C16H23ClFN/c1-16(2)9-7-13(8-10-16)19(3)15-12(11-17)5-4-6-14(15)18/h4-6,13H,7-11H2,1-3H3. The molecule has 106 valence electrons. The van der Waals surface area contributed by atoms with Crippen LogP contribution >= 0.6 is 11.6 Å². The van der Waals surface area contributed by atoms with E-state index in [1.54, 1.807) is 6.07 Å². The van der Waals surface area contributed by atoms with E-state index in [0.29, 0.717) is 23.0 Å². The summed E-state index contributed by atoms with van der Waals surface area (Å²) in [5.74, 6) is 0.195. The molecule has 0 atom stereocenters. The summed E-state index contributed by atoms with van der Waals surface area (Å²) in [6, 6.07) is 5.59. The molecule has 0 amide bonds. The first kappa shape index (κ1) is 14.6. The van der Waals surface area contributed by atoms with E-state index in [-0.39, 0.29) is 5.82 Å². The van der Waals surface area contributed by atoms with Gasteiger partial charge in [-0.3, -0.25) is 0 Å². The summed E-state index contributed by atoms with van der Waals surface area (Å²) < 4.78 is 14.1. The molecule has 1 aliphatic rings. The molecule has 0 N–H and O–H groups in total. The SMILES string of the molecule is CN(c1c(F)cccc1CCl)C1CCC(C)(C)CC1. The van der Waals surface area contributed by atoms with Crippen molar-refractivity contribution in [2.24, 2.45) is 5.41 Å². The molecule has 0 heterocycles. The summed E-state index contributed by atoms with van der Waals surface area (Å²) in [7, 11) is 2.00. The van der Waals surface area contributed by atoms with Crippen molar-refractivity contribution in [2.45, 2.75) is 51.5 Å². The van der Waals surface area contributed by atoms with E-state index in [0.717, 1.165) is 18.4 Å². The van der Waals surface area contributed by atoms with Crippen molar-refractivity contribution in [2.75, 3.05) is 11.9 Å². The highest BCUT2D eigenvalue weighted by atomic mass is 35.5. The smallest absolute Gasteiger partial charge is 0.146 e. The molecule has 2 rings (SSSR count). The Morgan fingerprint density at radius 1 is 1.32 bits per heavy atom. The molecular formula is C16H23ClFN. The average molecular weight is 284 g/mol. The van der Waals surface area contributed by atoms with Crippen molar-refractivity contribution in [3.63, 3.8) is 0 Å². The third-order valence-electron chi connectivity index (χ3n) is 4.42. The van der Waals surface area contributed by atoms with Crippen LogP contribution in [0.4, 0.5) is 10.1 Å². The normalized spacial score (nSPS) is 19.4. The number of rotatable bonds is 3. The van der Waals surface area contributed by atoms with Gasteiger partial charge in [-0.25, -0.2) is 4.39 Å². The fourth-order valence-corrected chi connectivity index (χ4v) is 3.23. The highest BCUT2D eigenvalue weighted by Gasteiger charge is 2.30. The van der Waals surface area contributed by atoms with E-state index in [2.05, 4.69) is 18.7 Å². The minimum Gasteiger partial charge on any atom is -0.369 e. The second-order valence-corrected chi connectivity index (χ2v) is 6.65. The number of alkyl halides is 1. The maximum atomic E-state index is 14.1. The number of nitrogens with zero attached hydrogens (tertiary/aromatic N) is 1. The van der Waals surface area contributed by atoms with E-state index in [9.17, 15) is 4.39 Å². The molecule has 0 radical (unpaired) electrons. The molecule has 1 nitrogen and oxygen atoms in total. The number of benzene rings is 1. The van der Waals surface area contributed by atoms with E-state index in [1.807, 2.05) is 13.1 Å². The highest BCUT2D eigenvalue weighted by Crippen LogP contribution is 2.38. The van der Waals surface area contributed by atoms with Crippen molar-refractivity contribution in [3.05, 3.63) is 29.6 Å². The van der Waals surface area contributed by atoms with Gasteiger partial charge in [0.1, 0.15) is 5.82 Å². The Bertz CT molecular complexity index is 434. The van der Waals surface area contributed by atoms with Gasteiger partial charge in [-0.1, -0.05) is 26.0 Å². The van der Waals surface area contributed by atoms with Gasteiger partial charge >= 0.3 is 0 Å². The number of halogens is 2. The predicted octanol–water partition coefficient (Wildman–Crippen LogP) is 4.97. The van der Waals surface area contributed by atoms with Crippen LogP contribution in [0.1, 0.15) is 45.1 Å². The number of hydrogen-bond acceptors (Lipinski definition) is 1. The Hall–Kier alpha value is -0.760. The minimum absolute atomic E-state index is 0.162. The van der Waals surface area contributed by atoms with Crippen LogP contribution in [0.3, 0.4) is 0 Å². The van der Waals surface area contributed by atoms with Gasteiger partial charge in [0, 0.05) is 19.0 Å². The molecule has 0 spiro atoms. The molecule has 0 unspecified atom stereocenters. The number of hydrogen-bond donors (Lipinski definition) is 0. The zero-order chi connectivity index (χ0) is 14.0. The Labute approximate surface area is 120 Å². The predicted molar refractivity (Wildman–Crippen MR) is 80.4 cm³/mol. The van der Waals surface area contributed by atoms with Crippen LogP contribution in [0, 0.1) is 11.2 Å². The van der Waals surface area contributed by atoms with Crippen LogP contribution < -0.4 is 4.90 Å². The van der Waals surface area contributed by atoms with Crippen LogP contribution in [0.15, 0.2) is 18.2 Å². The van der Waals surface area contributed by atoms with Gasteiger partial charge in [0.25, 0.3) is 0 Å². The molecule has 0 aromatic heterocycles. The third-order valence-corrected chi connectivity index (χ3v) is 4.71. The van der Waals surface area contributed by atoms with Crippen LogP contribution in [0.25, 0.3) is 0 Å². The zero-order valence-electron chi connectivity index (χ0n) is 12.0. The Balaban J connectivity index is 2.18. The fourth-order valence-electron chi connectivity index (χ4n) is 3.02. The summed E-state index contributed by atoms with van der Waals surface area (Å²) >= 11 is 5.94. The third kappa shape index (κ3) is 3.22. The summed E-state index contributed by atoms with van der Waals surface area (Å²) in [4.78, 5) is 2.10. The lowest BCUT2D eigenvalue weighted by Crippen LogP contribution is -2.38. The minimum atomic E-state index is -0.162. The van der Waals surface area contributed by atoms with Crippen LogP contribution in [0.2, 0.25) is 0 Å². The van der Waals surface area contributed by atoms with Gasteiger partial charge < -0.3 is 4.90 Å². The summed E-state index contributed by atoms with van der Waals surface area (Å²) in [6.07, 6.45) is 4.65. The van der Waals surface area contributed by atoms with E-state index in [1.165, 1.54) is 18.9 Å². The first-order valence-corrected chi connectivity index (χ1v) is 7.54. The van der Waals surface area contributed by atoms with Crippen molar-refractivity contribution in [1.82, 2.24) is 0 Å². The van der Waals surface area contributed by atoms with Crippen molar-refractivity contribution in [3.8, 4) is 0 Å². The molecule has 19 heavy (non-hydrogen) atoms. The van der Waals surface area contributed by atoms with Gasteiger partial charge in [0.05, 0.1) is 5.69 Å². The molecule has 0 aliphatic heterocycles. The summed E-state index contributed by atoms with van der Waals surface area (Å²) in [5.41, 5.74) is 2.00. The van der Waals surface area contributed by atoms with Crippen LogP contribution in [-0.4, -0.2) is 13.1 Å². The Kier molecular flexibility index (Phi) is 4.39. The molecule has 1 aromatic rings. The zero-order valence-corrected chi connectivity index (χ0v) is 12.8. The van der Waals surface area contributed by atoms with Gasteiger partial charge in [-0.15, -0.1) is 11.6 Å². The molecular weight excluding hydrogens is 261 g/mol. The summed E-state index contributed by atoms with van der Waals surface area (Å²) in [6.45, 7) is 4.63. The monoisotopic (exact) mass is 283 g/mol. The quantitative estimate of drug-likeness (QED) is 0.708. The Morgan fingerprint density at radius 3 is 2.53 bits per heavy atom. The largest absolute Gasteiger partial charge is 0.369 e. The molecule has 0 bridgehead atoms. The Morgan fingerprint density at radius 2 is 1.95 bits per heavy atom. The topological polar surface area (TPSA) is 3.24 Å². The van der Waals surface area contributed by atoms with Crippen molar-refractivity contribution >= 4 is 17.3 Å². The lowest BCUT2D eigenvalue weighted by molar-refractivity contribution is 0.222. The second-order valence-electron chi connectivity index (χ2n) is 6.39. The van der Waals surface area contributed by atoms with Gasteiger partial charge in [0.2, 0.25) is 0 Å². The summed E-state index contributed by atoms with van der Waals surface area (Å²) in [5, 5.41) is 0. The lowest BCUT2D eigenvalue weighted by atomic mass is 9.75. The lowest BCUT2D eigenvalue weighted by Gasteiger charge is -2.40. The van der Waals surface area contributed by atoms with Crippen molar-refractivity contribution < 1.29 is 4.39 Å². The van der Waals surface area contributed by atoms with Gasteiger partial charge in [-0.05, 0) is 42.7 Å². The molecule has 0 saturated heterocycles. The van der Waals surface area contributed by atoms with Crippen LogP contribution in [0.5, 0.6) is 0 Å². The molecule has 1 aromatic carbocycles. The van der Waals surface area contributed by atoms with Gasteiger partial charge in [-0.2, -0.15) is 0 Å². The molecule has 1 aliphatic carbocycles. The molecule has 1 fully saturated rings. The van der Waals surface area contributed by atoms with Gasteiger partial charge in [0.15, 0.2) is 0 Å². The van der Waals surface area contributed by atoms with E-state index >= 15 is 0 Å². The average Bonchev–Trinajstić information content (AvgIpc) is 2.37. The number of para-hydroxylation sites is 1. The highest BCUT2D eigenvalue weighted by molar-refractivity contribution is 6.17. The molecule has 1 saturated carbocycles.